The third kappa shape index (κ3) is 2.52. The monoisotopic (exact) mass is 258 g/mol. The molecule has 0 fully saturated rings. The fourth-order valence-electron chi connectivity index (χ4n) is 1.76. The van der Waals surface area contributed by atoms with Gasteiger partial charge in [0.15, 0.2) is 0 Å². The van der Waals surface area contributed by atoms with Gasteiger partial charge in [-0.15, -0.1) is 0 Å². The molecular formula is C14H14N2O3. The van der Waals surface area contributed by atoms with Crippen LogP contribution in [-0.2, 0) is 6.42 Å². The summed E-state index contributed by atoms with van der Waals surface area (Å²) in [5, 5.41) is 8.73. The molecule has 0 saturated carbocycles. The van der Waals surface area contributed by atoms with Crippen LogP contribution in [0.25, 0.3) is 11.5 Å². The standard InChI is InChI=1S/C14H14N2O3/c1-9-12(6-7-15)16-14(19-9)11-8-10(17-2)4-5-13(11)18-3/h4-5,8H,6H2,1-3H3. The van der Waals surface area contributed by atoms with Gasteiger partial charge in [-0.3, -0.25) is 0 Å². The Morgan fingerprint density at radius 1 is 1.32 bits per heavy atom. The fraction of sp³-hybridized carbons (Fsp3) is 0.286. The summed E-state index contributed by atoms with van der Waals surface area (Å²) in [6.45, 7) is 1.79. The zero-order valence-electron chi connectivity index (χ0n) is 11.1. The third-order valence-corrected chi connectivity index (χ3v) is 2.78. The van der Waals surface area contributed by atoms with E-state index in [2.05, 4.69) is 11.1 Å². The Morgan fingerprint density at radius 3 is 2.74 bits per heavy atom. The van der Waals surface area contributed by atoms with Crippen molar-refractivity contribution in [3.05, 3.63) is 29.7 Å². The lowest BCUT2D eigenvalue weighted by atomic mass is 10.2. The number of hydrogen-bond donors (Lipinski definition) is 0. The van der Waals surface area contributed by atoms with Gasteiger partial charge in [-0.25, -0.2) is 4.98 Å². The second-order valence-corrected chi connectivity index (χ2v) is 3.92. The average molecular weight is 258 g/mol. The normalized spacial score (nSPS) is 10.0. The maximum Gasteiger partial charge on any atom is 0.230 e. The first-order chi connectivity index (χ1) is 9.19. The molecule has 98 valence electrons. The van der Waals surface area contributed by atoms with Gasteiger partial charge >= 0.3 is 0 Å². The predicted octanol–water partition coefficient (Wildman–Crippen LogP) is 2.73. The van der Waals surface area contributed by atoms with E-state index in [-0.39, 0.29) is 6.42 Å². The zero-order chi connectivity index (χ0) is 13.8. The molecule has 5 nitrogen and oxygen atoms in total. The number of rotatable bonds is 4. The molecule has 0 saturated heterocycles. The molecule has 19 heavy (non-hydrogen) atoms. The van der Waals surface area contributed by atoms with Crippen LogP contribution in [0.2, 0.25) is 0 Å². The smallest absolute Gasteiger partial charge is 0.230 e. The first kappa shape index (κ1) is 13.0. The second-order valence-electron chi connectivity index (χ2n) is 3.92. The summed E-state index contributed by atoms with van der Waals surface area (Å²) in [7, 11) is 3.17. The summed E-state index contributed by atoms with van der Waals surface area (Å²) in [5.41, 5.74) is 1.34. The van der Waals surface area contributed by atoms with Crippen molar-refractivity contribution in [2.24, 2.45) is 0 Å². The van der Waals surface area contributed by atoms with Gasteiger partial charge in [0.2, 0.25) is 5.89 Å². The van der Waals surface area contributed by atoms with Gasteiger partial charge in [0.05, 0.1) is 38.0 Å². The molecule has 1 aromatic heterocycles. The Kier molecular flexibility index (Phi) is 3.71. The van der Waals surface area contributed by atoms with Crippen molar-refractivity contribution >= 4 is 0 Å². The molecule has 0 unspecified atom stereocenters. The molecule has 0 amide bonds. The van der Waals surface area contributed by atoms with E-state index in [0.717, 1.165) is 0 Å². The molecule has 0 bridgehead atoms. The minimum absolute atomic E-state index is 0.224. The number of aromatic nitrogens is 1. The van der Waals surface area contributed by atoms with Crippen molar-refractivity contribution in [2.45, 2.75) is 13.3 Å². The molecule has 5 heteroatoms. The highest BCUT2D eigenvalue weighted by atomic mass is 16.5. The van der Waals surface area contributed by atoms with E-state index in [1.165, 1.54) is 0 Å². The van der Waals surface area contributed by atoms with Gasteiger partial charge in [0.1, 0.15) is 17.3 Å². The minimum Gasteiger partial charge on any atom is -0.497 e. The fourth-order valence-corrected chi connectivity index (χ4v) is 1.76. The van der Waals surface area contributed by atoms with Crippen molar-refractivity contribution in [1.82, 2.24) is 4.98 Å². The average Bonchev–Trinajstić information content (AvgIpc) is 2.80. The van der Waals surface area contributed by atoms with Crippen LogP contribution < -0.4 is 9.47 Å². The summed E-state index contributed by atoms with van der Waals surface area (Å²) in [4.78, 5) is 4.33. The molecule has 0 aliphatic rings. The van der Waals surface area contributed by atoms with Crippen molar-refractivity contribution in [3.63, 3.8) is 0 Å². The Bertz CT molecular complexity index is 626. The van der Waals surface area contributed by atoms with Crippen molar-refractivity contribution in [2.75, 3.05) is 14.2 Å². The molecule has 0 aliphatic heterocycles. The van der Waals surface area contributed by atoms with Gasteiger partial charge in [-0.2, -0.15) is 5.26 Å². The molecule has 2 rings (SSSR count). The minimum atomic E-state index is 0.224. The highest BCUT2D eigenvalue weighted by Gasteiger charge is 2.16. The number of methoxy groups -OCH3 is 2. The van der Waals surface area contributed by atoms with E-state index in [0.29, 0.717) is 34.4 Å². The summed E-state index contributed by atoms with van der Waals surface area (Å²) in [6, 6.07) is 7.44. The number of benzene rings is 1. The Hall–Kier alpha value is -2.48. The van der Waals surface area contributed by atoms with E-state index in [1.54, 1.807) is 39.3 Å². The van der Waals surface area contributed by atoms with Gasteiger partial charge in [0.25, 0.3) is 0 Å². The third-order valence-electron chi connectivity index (χ3n) is 2.78. The highest BCUT2D eigenvalue weighted by Crippen LogP contribution is 2.33. The van der Waals surface area contributed by atoms with Gasteiger partial charge < -0.3 is 13.9 Å². The number of oxazole rings is 1. The van der Waals surface area contributed by atoms with Crippen LogP contribution in [0.3, 0.4) is 0 Å². The summed E-state index contributed by atoms with van der Waals surface area (Å²) < 4.78 is 16.1. The lowest BCUT2D eigenvalue weighted by molar-refractivity contribution is 0.402. The molecule has 1 heterocycles. The van der Waals surface area contributed by atoms with Crippen LogP contribution in [0.5, 0.6) is 11.5 Å². The summed E-state index contributed by atoms with van der Waals surface area (Å²) in [6.07, 6.45) is 0.224. The van der Waals surface area contributed by atoms with E-state index < -0.39 is 0 Å². The largest absolute Gasteiger partial charge is 0.497 e. The lowest BCUT2D eigenvalue weighted by Gasteiger charge is -2.07. The first-order valence-electron chi connectivity index (χ1n) is 5.75. The molecule has 0 N–H and O–H groups in total. The Labute approximate surface area is 111 Å². The lowest BCUT2D eigenvalue weighted by Crippen LogP contribution is -1.91. The quantitative estimate of drug-likeness (QED) is 0.843. The van der Waals surface area contributed by atoms with E-state index in [1.807, 2.05) is 0 Å². The molecule has 0 spiro atoms. The summed E-state index contributed by atoms with van der Waals surface area (Å²) >= 11 is 0. The van der Waals surface area contributed by atoms with Crippen LogP contribution in [0, 0.1) is 18.3 Å². The molecule has 1 aromatic carbocycles. The first-order valence-corrected chi connectivity index (χ1v) is 5.75. The zero-order valence-corrected chi connectivity index (χ0v) is 11.1. The number of nitrogens with zero attached hydrogens (tertiary/aromatic N) is 2. The Morgan fingerprint density at radius 2 is 2.11 bits per heavy atom. The predicted molar refractivity (Wildman–Crippen MR) is 69.1 cm³/mol. The molecule has 0 aliphatic carbocycles. The number of ether oxygens (including phenoxy) is 2. The van der Waals surface area contributed by atoms with Crippen LogP contribution in [0.15, 0.2) is 22.6 Å². The SMILES string of the molecule is COc1ccc(OC)c(-c2nc(CC#N)c(C)o2)c1. The van der Waals surface area contributed by atoms with Gasteiger partial charge in [-0.1, -0.05) is 0 Å². The molecule has 0 atom stereocenters. The number of nitriles is 1. The number of hydrogen-bond acceptors (Lipinski definition) is 5. The Balaban J connectivity index is 2.51. The van der Waals surface area contributed by atoms with E-state index in [4.69, 9.17) is 19.2 Å². The van der Waals surface area contributed by atoms with Crippen LogP contribution in [0.4, 0.5) is 0 Å². The topological polar surface area (TPSA) is 68.3 Å². The maximum atomic E-state index is 8.73. The maximum absolute atomic E-state index is 8.73. The van der Waals surface area contributed by atoms with Crippen molar-refractivity contribution in [1.29, 1.82) is 5.26 Å². The molecular weight excluding hydrogens is 244 g/mol. The van der Waals surface area contributed by atoms with Crippen LogP contribution in [0.1, 0.15) is 11.5 Å². The molecule has 0 radical (unpaired) electrons. The van der Waals surface area contributed by atoms with Gasteiger partial charge in [0, 0.05) is 0 Å². The van der Waals surface area contributed by atoms with E-state index >= 15 is 0 Å². The second kappa shape index (κ2) is 5.44. The van der Waals surface area contributed by atoms with E-state index in [9.17, 15) is 0 Å². The van der Waals surface area contributed by atoms with Gasteiger partial charge in [-0.05, 0) is 25.1 Å². The van der Waals surface area contributed by atoms with Crippen LogP contribution in [-0.4, -0.2) is 19.2 Å². The van der Waals surface area contributed by atoms with Crippen molar-refractivity contribution < 1.29 is 13.9 Å². The highest BCUT2D eigenvalue weighted by molar-refractivity contribution is 5.65. The number of aryl methyl sites for hydroxylation is 1. The molecule has 2 aromatic rings. The van der Waals surface area contributed by atoms with Crippen molar-refractivity contribution in [3.8, 4) is 29.0 Å². The summed E-state index contributed by atoms with van der Waals surface area (Å²) in [5.74, 6) is 2.40. The van der Waals surface area contributed by atoms with Crippen LogP contribution >= 0.6 is 0 Å².